The van der Waals surface area contributed by atoms with Crippen LogP contribution >= 0.6 is 0 Å². The minimum atomic E-state index is -0.283. The fourth-order valence-electron chi connectivity index (χ4n) is 2.95. The number of piperidine rings is 1. The fraction of sp³-hybridized carbons (Fsp3) is 0.438. The van der Waals surface area contributed by atoms with Gasteiger partial charge in [0.25, 0.3) is 11.8 Å². The molecule has 2 aliphatic heterocycles. The molecule has 116 valence electrons. The second-order valence-electron chi connectivity index (χ2n) is 5.64. The number of hydrogen-bond acceptors (Lipinski definition) is 4. The molecule has 1 saturated heterocycles. The van der Waals surface area contributed by atoms with Crippen molar-refractivity contribution >= 4 is 17.7 Å². The van der Waals surface area contributed by atoms with Gasteiger partial charge in [0, 0.05) is 19.6 Å². The maximum Gasteiger partial charge on any atom is 0.261 e. The van der Waals surface area contributed by atoms with E-state index < -0.39 is 0 Å². The van der Waals surface area contributed by atoms with Crippen molar-refractivity contribution in [1.29, 1.82) is 0 Å². The molecule has 3 amide bonds. The number of nitrogens with zero attached hydrogens (tertiary/aromatic N) is 1. The van der Waals surface area contributed by atoms with Crippen LogP contribution in [0.2, 0.25) is 0 Å². The van der Waals surface area contributed by atoms with Crippen molar-refractivity contribution in [2.24, 2.45) is 5.92 Å². The lowest BCUT2D eigenvalue weighted by molar-refractivity contribution is -0.125. The summed E-state index contributed by atoms with van der Waals surface area (Å²) >= 11 is 0. The maximum absolute atomic E-state index is 12.2. The van der Waals surface area contributed by atoms with E-state index in [4.69, 9.17) is 0 Å². The topological polar surface area (TPSA) is 78.5 Å². The Morgan fingerprint density at radius 1 is 1.23 bits per heavy atom. The molecule has 1 atom stereocenters. The number of benzene rings is 1. The molecule has 0 saturated carbocycles. The number of amides is 3. The van der Waals surface area contributed by atoms with Crippen molar-refractivity contribution in [2.45, 2.75) is 12.8 Å². The van der Waals surface area contributed by atoms with Gasteiger partial charge in [-0.2, -0.15) is 0 Å². The highest BCUT2D eigenvalue weighted by Crippen LogP contribution is 2.21. The molecule has 2 N–H and O–H groups in total. The van der Waals surface area contributed by atoms with Crippen LogP contribution < -0.4 is 10.6 Å². The Hall–Kier alpha value is -2.21. The van der Waals surface area contributed by atoms with Crippen LogP contribution in [0.25, 0.3) is 0 Å². The first kappa shape index (κ1) is 14.7. The Labute approximate surface area is 128 Å². The van der Waals surface area contributed by atoms with Gasteiger partial charge in [0.2, 0.25) is 5.91 Å². The van der Waals surface area contributed by atoms with Gasteiger partial charge in [-0.1, -0.05) is 12.1 Å². The molecule has 1 aromatic carbocycles. The second kappa shape index (κ2) is 6.27. The third-order valence-electron chi connectivity index (χ3n) is 4.18. The van der Waals surface area contributed by atoms with Crippen LogP contribution in [-0.4, -0.2) is 48.8 Å². The Kier molecular flexibility index (Phi) is 4.20. The van der Waals surface area contributed by atoms with Gasteiger partial charge in [-0.25, -0.2) is 0 Å². The standard InChI is InChI=1S/C16H19N3O3/c20-14(11-4-3-7-17-10-11)18-8-9-19-15(21)12-5-1-2-6-13(12)16(19)22/h1-2,5-6,11,17H,3-4,7-10H2,(H,18,20). The Morgan fingerprint density at radius 3 is 2.50 bits per heavy atom. The highest BCUT2D eigenvalue weighted by molar-refractivity contribution is 6.21. The van der Waals surface area contributed by atoms with E-state index in [0.29, 0.717) is 24.2 Å². The van der Waals surface area contributed by atoms with Crippen LogP contribution in [0.15, 0.2) is 24.3 Å². The number of hydrogen-bond donors (Lipinski definition) is 2. The molecule has 0 radical (unpaired) electrons. The number of carbonyl (C=O) groups is 3. The van der Waals surface area contributed by atoms with Gasteiger partial charge in [-0.05, 0) is 31.5 Å². The average molecular weight is 301 g/mol. The molecule has 0 aliphatic carbocycles. The van der Waals surface area contributed by atoms with Crippen molar-refractivity contribution in [2.75, 3.05) is 26.2 Å². The molecule has 0 aromatic heterocycles. The zero-order valence-corrected chi connectivity index (χ0v) is 12.3. The monoisotopic (exact) mass is 301 g/mol. The Morgan fingerprint density at radius 2 is 1.91 bits per heavy atom. The van der Waals surface area contributed by atoms with Crippen LogP contribution in [0.3, 0.4) is 0 Å². The summed E-state index contributed by atoms with van der Waals surface area (Å²) in [6.45, 7) is 2.15. The molecule has 6 heteroatoms. The van der Waals surface area contributed by atoms with Crippen LogP contribution in [0, 0.1) is 5.92 Å². The van der Waals surface area contributed by atoms with E-state index in [2.05, 4.69) is 10.6 Å². The highest BCUT2D eigenvalue weighted by atomic mass is 16.2. The predicted octanol–water partition coefficient (Wildman–Crippen LogP) is 0.398. The summed E-state index contributed by atoms with van der Waals surface area (Å²) < 4.78 is 0. The van der Waals surface area contributed by atoms with Gasteiger partial charge < -0.3 is 10.6 Å². The van der Waals surface area contributed by atoms with Crippen LogP contribution in [0.1, 0.15) is 33.6 Å². The van der Waals surface area contributed by atoms with Crippen molar-refractivity contribution in [3.8, 4) is 0 Å². The van der Waals surface area contributed by atoms with Crippen LogP contribution in [0.5, 0.6) is 0 Å². The molecule has 2 aliphatic rings. The van der Waals surface area contributed by atoms with Crippen molar-refractivity contribution in [1.82, 2.24) is 15.5 Å². The first-order valence-corrected chi connectivity index (χ1v) is 7.62. The summed E-state index contributed by atoms with van der Waals surface area (Å²) in [4.78, 5) is 37.5. The molecule has 1 fully saturated rings. The lowest BCUT2D eigenvalue weighted by Gasteiger charge is -2.22. The lowest BCUT2D eigenvalue weighted by atomic mass is 9.99. The molecule has 6 nitrogen and oxygen atoms in total. The molecule has 1 aromatic rings. The first-order chi connectivity index (χ1) is 10.7. The highest BCUT2D eigenvalue weighted by Gasteiger charge is 2.34. The number of fused-ring (bicyclic) bond motifs is 1. The van der Waals surface area contributed by atoms with E-state index in [0.717, 1.165) is 19.4 Å². The minimum absolute atomic E-state index is 0.0104. The second-order valence-corrected chi connectivity index (χ2v) is 5.64. The zero-order chi connectivity index (χ0) is 15.5. The predicted molar refractivity (Wildman–Crippen MR) is 80.4 cm³/mol. The van der Waals surface area contributed by atoms with E-state index in [1.165, 1.54) is 4.90 Å². The molecule has 0 spiro atoms. The summed E-state index contributed by atoms with van der Waals surface area (Å²) in [7, 11) is 0. The fourth-order valence-corrected chi connectivity index (χ4v) is 2.95. The van der Waals surface area contributed by atoms with Gasteiger partial charge in [0.15, 0.2) is 0 Å². The zero-order valence-electron chi connectivity index (χ0n) is 12.3. The molecule has 3 rings (SSSR count). The van der Waals surface area contributed by atoms with Gasteiger partial charge in [0.05, 0.1) is 17.0 Å². The third-order valence-corrected chi connectivity index (χ3v) is 4.18. The maximum atomic E-state index is 12.2. The number of rotatable bonds is 4. The first-order valence-electron chi connectivity index (χ1n) is 7.62. The summed E-state index contributed by atoms with van der Waals surface area (Å²) in [6, 6.07) is 6.79. The van der Waals surface area contributed by atoms with Gasteiger partial charge in [0.1, 0.15) is 0 Å². The normalized spacial score (nSPS) is 20.9. The minimum Gasteiger partial charge on any atom is -0.354 e. The molecule has 1 unspecified atom stereocenters. The average Bonchev–Trinajstić information content (AvgIpc) is 2.81. The van der Waals surface area contributed by atoms with E-state index in [1.54, 1.807) is 24.3 Å². The quantitative estimate of drug-likeness (QED) is 0.789. The van der Waals surface area contributed by atoms with Crippen LogP contribution in [-0.2, 0) is 4.79 Å². The Balaban J connectivity index is 1.53. The van der Waals surface area contributed by atoms with E-state index in [-0.39, 0.29) is 30.2 Å². The van der Waals surface area contributed by atoms with E-state index >= 15 is 0 Å². The lowest BCUT2D eigenvalue weighted by Crippen LogP contribution is -2.43. The molecular formula is C16H19N3O3. The molecule has 22 heavy (non-hydrogen) atoms. The van der Waals surface area contributed by atoms with E-state index in [1.807, 2.05) is 0 Å². The number of nitrogens with one attached hydrogen (secondary N) is 2. The summed E-state index contributed by atoms with van der Waals surface area (Å²) in [5.41, 5.74) is 0.880. The van der Waals surface area contributed by atoms with Crippen molar-refractivity contribution in [3.63, 3.8) is 0 Å². The van der Waals surface area contributed by atoms with Gasteiger partial charge in [-0.3, -0.25) is 19.3 Å². The number of imide groups is 1. The summed E-state index contributed by atoms with van der Waals surface area (Å²) in [6.07, 6.45) is 1.88. The third kappa shape index (κ3) is 2.74. The molecule has 2 heterocycles. The van der Waals surface area contributed by atoms with Gasteiger partial charge >= 0.3 is 0 Å². The summed E-state index contributed by atoms with van der Waals surface area (Å²) in [5, 5.41) is 6.02. The van der Waals surface area contributed by atoms with Crippen molar-refractivity contribution in [3.05, 3.63) is 35.4 Å². The summed E-state index contributed by atoms with van der Waals surface area (Å²) in [5.74, 6) is -0.594. The number of carbonyl (C=O) groups excluding carboxylic acids is 3. The van der Waals surface area contributed by atoms with Crippen molar-refractivity contribution < 1.29 is 14.4 Å². The Bertz CT molecular complexity index is 573. The smallest absolute Gasteiger partial charge is 0.261 e. The van der Waals surface area contributed by atoms with Gasteiger partial charge in [-0.15, -0.1) is 0 Å². The van der Waals surface area contributed by atoms with Crippen LogP contribution in [0.4, 0.5) is 0 Å². The molecule has 0 bridgehead atoms. The SMILES string of the molecule is O=C(NCCN1C(=O)c2ccccc2C1=O)C1CCCNC1. The molecular weight excluding hydrogens is 282 g/mol. The van der Waals surface area contributed by atoms with E-state index in [9.17, 15) is 14.4 Å². The largest absolute Gasteiger partial charge is 0.354 e.